The number of carbonyl (C=O) groups is 1. The summed E-state index contributed by atoms with van der Waals surface area (Å²) in [5, 5.41) is 19.3. The van der Waals surface area contributed by atoms with Crippen LogP contribution in [0.2, 0.25) is 0 Å². The fraction of sp³-hybridized carbons (Fsp3) is 0.900. The van der Waals surface area contributed by atoms with Gasteiger partial charge in [0.1, 0.15) is 0 Å². The Labute approximate surface area is 90.3 Å². The number of aliphatic hydroxyl groups excluding tert-OH is 1. The van der Waals surface area contributed by atoms with E-state index in [0.29, 0.717) is 13.1 Å². The van der Waals surface area contributed by atoms with Gasteiger partial charge >= 0.3 is 0 Å². The molecule has 2 unspecified atom stereocenters. The molecule has 1 fully saturated rings. The minimum atomic E-state index is -0.927. The first-order valence-corrected chi connectivity index (χ1v) is 5.13. The molecule has 0 spiro atoms. The van der Waals surface area contributed by atoms with Crippen molar-refractivity contribution in [2.24, 2.45) is 0 Å². The van der Waals surface area contributed by atoms with Gasteiger partial charge in [-0.15, -0.1) is 0 Å². The standard InChI is InChI=1S/C10H20N2O3/c1-10(15,6-11(2)3)7-12-5-8(13)4-9(12)14/h8,13,15H,4-7H2,1-3H3. The molecule has 88 valence electrons. The first kappa shape index (κ1) is 12.4. The summed E-state index contributed by atoms with van der Waals surface area (Å²) < 4.78 is 0. The van der Waals surface area contributed by atoms with E-state index in [9.17, 15) is 15.0 Å². The van der Waals surface area contributed by atoms with Crippen molar-refractivity contribution < 1.29 is 15.0 Å². The molecule has 1 amide bonds. The van der Waals surface area contributed by atoms with Gasteiger partial charge in [-0.05, 0) is 21.0 Å². The van der Waals surface area contributed by atoms with Crippen molar-refractivity contribution in [3.8, 4) is 0 Å². The molecule has 1 aliphatic rings. The number of hydrogen-bond donors (Lipinski definition) is 2. The normalized spacial score (nSPS) is 26.1. The number of likely N-dealkylation sites (tertiary alicyclic amines) is 1. The lowest BCUT2D eigenvalue weighted by Crippen LogP contribution is -2.47. The number of amides is 1. The van der Waals surface area contributed by atoms with Crippen molar-refractivity contribution in [3.63, 3.8) is 0 Å². The van der Waals surface area contributed by atoms with Gasteiger partial charge < -0.3 is 20.0 Å². The van der Waals surface area contributed by atoms with Crippen molar-refractivity contribution in [1.29, 1.82) is 0 Å². The number of carbonyl (C=O) groups excluding carboxylic acids is 1. The maximum Gasteiger partial charge on any atom is 0.225 e. The van der Waals surface area contributed by atoms with Crippen LogP contribution in [0.4, 0.5) is 0 Å². The van der Waals surface area contributed by atoms with E-state index in [1.807, 2.05) is 19.0 Å². The van der Waals surface area contributed by atoms with Crippen molar-refractivity contribution in [1.82, 2.24) is 9.80 Å². The largest absolute Gasteiger partial charge is 0.391 e. The highest BCUT2D eigenvalue weighted by Crippen LogP contribution is 2.15. The number of likely N-dealkylation sites (N-methyl/N-ethyl adjacent to an activating group) is 1. The SMILES string of the molecule is CN(C)CC(C)(O)CN1CC(O)CC1=O. The highest BCUT2D eigenvalue weighted by atomic mass is 16.3. The maximum absolute atomic E-state index is 11.4. The van der Waals surface area contributed by atoms with E-state index in [2.05, 4.69) is 0 Å². The van der Waals surface area contributed by atoms with Gasteiger partial charge in [-0.25, -0.2) is 0 Å². The molecule has 2 N–H and O–H groups in total. The second kappa shape index (κ2) is 4.47. The summed E-state index contributed by atoms with van der Waals surface area (Å²) >= 11 is 0. The number of nitrogens with zero attached hydrogens (tertiary/aromatic N) is 2. The molecule has 0 saturated carbocycles. The Hall–Kier alpha value is -0.650. The zero-order valence-corrected chi connectivity index (χ0v) is 9.60. The predicted molar refractivity (Wildman–Crippen MR) is 56.4 cm³/mol. The Morgan fingerprint density at radius 3 is 2.60 bits per heavy atom. The second-order valence-electron chi connectivity index (χ2n) is 4.87. The van der Waals surface area contributed by atoms with E-state index >= 15 is 0 Å². The first-order chi connectivity index (χ1) is 6.80. The Morgan fingerprint density at radius 2 is 2.20 bits per heavy atom. The van der Waals surface area contributed by atoms with Crippen LogP contribution in [0.5, 0.6) is 0 Å². The van der Waals surface area contributed by atoms with Gasteiger partial charge in [0.25, 0.3) is 0 Å². The van der Waals surface area contributed by atoms with E-state index in [1.165, 1.54) is 4.90 Å². The van der Waals surface area contributed by atoms with Crippen molar-refractivity contribution in [2.45, 2.75) is 25.0 Å². The van der Waals surface area contributed by atoms with Crippen LogP contribution in [0.1, 0.15) is 13.3 Å². The lowest BCUT2D eigenvalue weighted by atomic mass is 10.1. The zero-order chi connectivity index (χ0) is 11.6. The van der Waals surface area contributed by atoms with E-state index in [0.717, 1.165) is 0 Å². The fourth-order valence-electron chi connectivity index (χ4n) is 2.05. The molecule has 2 atom stereocenters. The number of rotatable bonds is 4. The minimum Gasteiger partial charge on any atom is -0.391 e. The lowest BCUT2D eigenvalue weighted by molar-refractivity contribution is -0.130. The van der Waals surface area contributed by atoms with Gasteiger partial charge in [0.2, 0.25) is 5.91 Å². The molecule has 0 aromatic rings. The number of aliphatic hydroxyl groups is 2. The molecule has 0 aromatic heterocycles. The quantitative estimate of drug-likeness (QED) is 0.625. The van der Waals surface area contributed by atoms with E-state index in [4.69, 9.17) is 0 Å². The highest BCUT2D eigenvalue weighted by molar-refractivity contribution is 5.79. The second-order valence-corrected chi connectivity index (χ2v) is 4.87. The molecular formula is C10H20N2O3. The molecular weight excluding hydrogens is 196 g/mol. The van der Waals surface area contributed by atoms with Crippen molar-refractivity contribution in [2.75, 3.05) is 33.7 Å². The molecule has 0 aromatic carbocycles. The summed E-state index contributed by atoms with van der Waals surface area (Å²) in [6.45, 7) is 2.81. The smallest absolute Gasteiger partial charge is 0.225 e. The topological polar surface area (TPSA) is 64.0 Å². The van der Waals surface area contributed by atoms with Crippen LogP contribution in [0.3, 0.4) is 0 Å². The third kappa shape index (κ3) is 3.77. The van der Waals surface area contributed by atoms with Crippen LogP contribution in [-0.2, 0) is 4.79 Å². The molecule has 15 heavy (non-hydrogen) atoms. The van der Waals surface area contributed by atoms with Gasteiger partial charge in [0.15, 0.2) is 0 Å². The lowest BCUT2D eigenvalue weighted by Gasteiger charge is -2.31. The maximum atomic E-state index is 11.4. The number of β-amino-alcohol motifs (C(OH)–C–C–N with tert-alkyl or cyclic N) is 2. The predicted octanol–water partition coefficient (Wildman–Crippen LogP) is -1.11. The van der Waals surface area contributed by atoms with Gasteiger partial charge in [0.05, 0.1) is 24.7 Å². The van der Waals surface area contributed by atoms with Crippen molar-refractivity contribution in [3.05, 3.63) is 0 Å². The van der Waals surface area contributed by atoms with Gasteiger partial charge in [-0.3, -0.25) is 4.79 Å². The summed E-state index contributed by atoms with van der Waals surface area (Å²) in [6.07, 6.45) is -0.398. The molecule has 0 bridgehead atoms. The zero-order valence-electron chi connectivity index (χ0n) is 9.60. The summed E-state index contributed by atoms with van der Waals surface area (Å²) in [6, 6.07) is 0. The van der Waals surface area contributed by atoms with Gasteiger partial charge in [0, 0.05) is 13.1 Å². The third-order valence-electron chi connectivity index (χ3n) is 2.38. The van der Waals surface area contributed by atoms with E-state index in [-0.39, 0.29) is 18.9 Å². The van der Waals surface area contributed by atoms with Gasteiger partial charge in [-0.1, -0.05) is 0 Å². The Bertz CT molecular complexity index is 241. The van der Waals surface area contributed by atoms with E-state index in [1.54, 1.807) is 6.92 Å². The monoisotopic (exact) mass is 216 g/mol. The highest BCUT2D eigenvalue weighted by Gasteiger charge is 2.33. The van der Waals surface area contributed by atoms with Crippen LogP contribution in [-0.4, -0.2) is 71.4 Å². The fourth-order valence-corrected chi connectivity index (χ4v) is 2.05. The van der Waals surface area contributed by atoms with Crippen LogP contribution < -0.4 is 0 Å². The Kier molecular flexibility index (Phi) is 3.70. The average Bonchev–Trinajstić information content (AvgIpc) is 2.25. The molecule has 0 radical (unpaired) electrons. The molecule has 5 heteroatoms. The molecule has 5 nitrogen and oxygen atoms in total. The van der Waals surface area contributed by atoms with E-state index < -0.39 is 11.7 Å². The molecule has 1 rings (SSSR count). The molecule has 1 aliphatic heterocycles. The number of hydrogen-bond acceptors (Lipinski definition) is 4. The summed E-state index contributed by atoms with van der Waals surface area (Å²) in [5.74, 6) is -0.0819. The summed E-state index contributed by atoms with van der Waals surface area (Å²) in [5.41, 5.74) is -0.927. The Balaban J connectivity index is 2.50. The average molecular weight is 216 g/mol. The van der Waals surface area contributed by atoms with Crippen LogP contribution >= 0.6 is 0 Å². The van der Waals surface area contributed by atoms with Crippen LogP contribution in [0.15, 0.2) is 0 Å². The van der Waals surface area contributed by atoms with Gasteiger partial charge in [-0.2, -0.15) is 0 Å². The van der Waals surface area contributed by atoms with Crippen molar-refractivity contribution >= 4 is 5.91 Å². The molecule has 0 aliphatic carbocycles. The third-order valence-corrected chi connectivity index (χ3v) is 2.38. The first-order valence-electron chi connectivity index (χ1n) is 5.13. The molecule has 1 heterocycles. The van der Waals surface area contributed by atoms with Crippen LogP contribution in [0, 0.1) is 0 Å². The Morgan fingerprint density at radius 1 is 1.60 bits per heavy atom. The minimum absolute atomic E-state index is 0.0819. The van der Waals surface area contributed by atoms with Crippen LogP contribution in [0.25, 0.3) is 0 Å². The molecule has 1 saturated heterocycles. The summed E-state index contributed by atoms with van der Waals surface area (Å²) in [4.78, 5) is 14.8. The summed E-state index contributed by atoms with van der Waals surface area (Å²) in [7, 11) is 3.74.